The highest BCUT2D eigenvalue weighted by atomic mass is 15.2. The molecule has 2 unspecified atom stereocenters. The molecule has 1 saturated heterocycles. The molecule has 0 aromatic rings. The summed E-state index contributed by atoms with van der Waals surface area (Å²) in [5, 5.41) is 0. The molecule has 0 spiro atoms. The molecule has 2 rings (SSSR count). The van der Waals surface area contributed by atoms with Crippen LogP contribution in [-0.2, 0) is 0 Å². The van der Waals surface area contributed by atoms with Crippen molar-refractivity contribution in [1.29, 1.82) is 0 Å². The number of nitrogens with zero attached hydrogens (tertiary/aromatic N) is 1. The lowest BCUT2D eigenvalue weighted by Crippen LogP contribution is -2.44. The fourth-order valence-corrected chi connectivity index (χ4v) is 2.73. The van der Waals surface area contributed by atoms with Gasteiger partial charge in [0.05, 0.1) is 0 Å². The van der Waals surface area contributed by atoms with Crippen LogP contribution < -0.4 is 5.73 Å². The maximum absolute atomic E-state index is 5.83. The topological polar surface area (TPSA) is 29.3 Å². The molecular formula is C12H24N2. The quantitative estimate of drug-likeness (QED) is 0.746. The van der Waals surface area contributed by atoms with Gasteiger partial charge in [0.25, 0.3) is 0 Å². The van der Waals surface area contributed by atoms with Gasteiger partial charge in [-0.05, 0) is 57.0 Å². The van der Waals surface area contributed by atoms with E-state index in [1.807, 2.05) is 0 Å². The highest BCUT2D eigenvalue weighted by Gasteiger charge is 2.43. The fraction of sp³-hybridized carbons (Fsp3) is 1.00. The van der Waals surface area contributed by atoms with Crippen LogP contribution in [0.25, 0.3) is 0 Å². The molecule has 2 nitrogen and oxygen atoms in total. The molecule has 2 aliphatic rings. The van der Waals surface area contributed by atoms with Gasteiger partial charge in [-0.15, -0.1) is 0 Å². The lowest BCUT2D eigenvalue weighted by Gasteiger charge is -2.38. The molecule has 1 aliphatic carbocycles. The average molecular weight is 196 g/mol. The van der Waals surface area contributed by atoms with E-state index in [9.17, 15) is 0 Å². The van der Waals surface area contributed by atoms with Crippen molar-refractivity contribution in [3.8, 4) is 0 Å². The molecule has 2 heteroatoms. The normalized spacial score (nSPS) is 37.1. The van der Waals surface area contributed by atoms with Gasteiger partial charge in [0.15, 0.2) is 0 Å². The maximum Gasteiger partial charge on any atom is 0.00697 e. The zero-order valence-corrected chi connectivity index (χ0v) is 9.63. The van der Waals surface area contributed by atoms with Gasteiger partial charge in [0.1, 0.15) is 0 Å². The van der Waals surface area contributed by atoms with E-state index in [-0.39, 0.29) is 0 Å². The first-order valence-electron chi connectivity index (χ1n) is 6.09. The van der Waals surface area contributed by atoms with Gasteiger partial charge in [-0.1, -0.05) is 6.92 Å². The zero-order chi connectivity index (χ0) is 10.2. The number of likely N-dealkylation sites (tertiary alicyclic amines) is 1. The molecule has 0 aromatic heterocycles. The van der Waals surface area contributed by atoms with Crippen LogP contribution in [0.4, 0.5) is 0 Å². The molecular weight excluding hydrogens is 172 g/mol. The summed E-state index contributed by atoms with van der Waals surface area (Å²) in [6.07, 6.45) is 5.48. The minimum Gasteiger partial charge on any atom is -0.330 e. The van der Waals surface area contributed by atoms with Gasteiger partial charge in [0.2, 0.25) is 0 Å². The maximum atomic E-state index is 5.83. The van der Waals surface area contributed by atoms with E-state index < -0.39 is 0 Å². The molecule has 0 aromatic carbocycles. The number of rotatable bonds is 3. The first kappa shape index (κ1) is 10.4. The van der Waals surface area contributed by atoms with E-state index in [0.29, 0.717) is 5.41 Å². The third-order valence-electron chi connectivity index (χ3n) is 4.20. The van der Waals surface area contributed by atoms with Crippen LogP contribution in [0.15, 0.2) is 0 Å². The smallest absolute Gasteiger partial charge is 0.00697 e. The van der Waals surface area contributed by atoms with E-state index in [1.54, 1.807) is 0 Å². The second kappa shape index (κ2) is 3.82. The Morgan fingerprint density at radius 3 is 2.57 bits per heavy atom. The van der Waals surface area contributed by atoms with Gasteiger partial charge in [-0.25, -0.2) is 0 Å². The van der Waals surface area contributed by atoms with E-state index in [2.05, 4.69) is 18.7 Å². The van der Waals surface area contributed by atoms with Crippen molar-refractivity contribution in [1.82, 2.24) is 4.90 Å². The summed E-state index contributed by atoms with van der Waals surface area (Å²) in [5.41, 5.74) is 6.35. The van der Waals surface area contributed by atoms with Crippen LogP contribution >= 0.6 is 0 Å². The molecule has 1 saturated carbocycles. The number of nitrogens with two attached hydrogens (primary N) is 1. The summed E-state index contributed by atoms with van der Waals surface area (Å²) >= 11 is 0. The third kappa shape index (κ3) is 2.12. The molecule has 1 aliphatic heterocycles. The third-order valence-corrected chi connectivity index (χ3v) is 4.20. The largest absolute Gasteiger partial charge is 0.330 e. The number of hydrogen-bond acceptors (Lipinski definition) is 2. The SMILES string of the molecule is CC1CCN(CC2(CN)CC2)C(C)C1. The van der Waals surface area contributed by atoms with Crippen LogP contribution in [0.3, 0.4) is 0 Å². The van der Waals surface area contributed by atoms with Gasteiger partial charge >= 0.3 is 0 Å². The van der Waals surface area contributed by atoms with E-state index in [1.165, 1.54) is 38.8 Å². The van der Waals surface area contributed by atoms with Gasteiger partial charge < -0.3 is 10.6 Å². The minimum atomic E-state index is 0.523. The van der Waals surface area contributed by atoms with Crippen molar-refractivity contribution in [2.45, 2.75) is 45.6 Å². The van der Waals surface area contributed by atoms with Crippen LogP contribution in [0.1, 0.15) is 39.5 Å². The average Bonchev–Trinajstić information content (AvgIpc) is 2.91. The van der Waals surface area contributed by atoms with Crippen molar-refractivity contribution in [2.24, 2.45) is 17.1 Å². The predicted molar refractivity (Wildman–Crippen MR) is 60.2 cm³/mol. The van der Waals surface area contributed by atoms with Crippen LogP contribution in [0, 0.1) is 11.3 Å². The standard InChI is InChI=1S/C12H24N2/c1-10-3-6-14(11(2)7-10)9-12(8-13)4-5-12/h10-11H,3-9,13H2,1-2H3. The minimum absolute atomic E-state index is 0.523. The van der Waals surface area contributed by atoms with Crippen LogP contribution in [0.2, 0.25) is 0 Å². The van der Waals surface area contributed by atoms with Crippen molar-refractivity contribution < 1.29 is 0 Å². The second-order valence-corrected chi connectivity index (χ2v) is 5.65. The summed E-state index contributed by atoms with van der Waals surface area (Å²) in [7, 11) is 0. The van der Waals surface area contributed by atoms with Crippen LogP contribution in [-0.4, -0.2) is 30.6 Å². The molecule has 1 heterocycles. The Hall–Kier alpha value is -0.0800. The van der Waals surface area contributed by atoms with Crippen molar-refractivity contribution >= 4 is 0 Å². The monoisotopic (exact) mass is 196 g/mol. The van der Waals surface area contributed by atoms with Gasteiger partial charge in [-0.2, -0.15) is 0 Å². The van der Waals surface area contributed by atoms with Crippen molar-refractivity contribution in [3.63, 3.8) is 0 Å². The molecule has 2 atom stereocenters. The van der Waals surface area contributed by atoms with Gasteiger partial charge in [-0.3, -0.25) is 0 Å². The van der Waals surface area contributed by atoms with E-state index in [4.69, 9.17) is 5.73 Å². The van der Waals surface area contributed by atoms with Crippen molar-refractivity contribution in [2.75, 3.05) is 19.6 Å². The first-order valence-corrected chi connectivity index (χ1v) is 6.09. The Kier molecular flexibility index (Phi) is 2.85. The first-order chi connectivity index (χ1) is 6.65. The molecule has 14 heavy (non-hydrogen) atoms. The van der Waals surface area contributed by atoms with E-state index in [0.717, 1.165) is 18.5 Å². The number of piperidine rings is 1. The highest BCUT2D eigenvalue weighted by Crippen LogP contribution is 2.46. The second-order valence-electron chi connectivity index (χ2n) is 5.65. The Morgan fingerprint density at radius 1 is 1.36 bits per heavy atom. The fourth-order valence-electron chi connectivity index (χ4n) is 2.73. The Balaban J connectivity index is 1.86. The molecule has 0 amide bonds. The highest BCUT2D eigenvalue weighted by molar-refractivity contribution is 4.97. The predicted octanol–water partition coefficient (Wildman–Crippen LogP) is 1.85. The molecule has 2 N–H and O–H groups in total. The lowest BCUT2D eigenvalue weighted by molar-refractivity contribution is 0.105. The van der Waals surface area contributed by atoms with Gasteiger partial charge in [0, 0.05) is 12.6 Å². The van der Waals surface area contributed by atoms with E-state index >= 15 is 0 Å². The summed E-state index contributed by atoms with van der Waals surface area (Å²) in [6, 6.07) is 0.780. The molecule has 82 valence electrons. The zero-order valence-electron chi connectivity index (χ0n) is 9.63. The Bertz CT molecular complexity index is 198. The van der Waals surface area contributed by atoms with Crippen LogP contribution in [0.5, 0.6) is 0 Å². The summed E-state index contributed by atoms with van der Waals surface area (Å²) in [5.74, 6) is 0.925. The summed E-state index contributed by atoms with van der Waals surface area (Å²) < 4.78 is 0. The summed E-state index contributed by atoms with van der Waals surface area (Å²) in [4.78, 5) is 2.67. The molecule has 0 radical (unpaired) electrons. The van der Waals surface area contributed by atoms with Crippen molar-refractivity contribution in [3.05, 3.63) is 0 Å². The molecule has 2 fully saturated rings. The lowest BCUT2D eigenvalue weighted by atomic mass is 9.92. The number of hydrogen-bond donors (Lipinski definition) is 1. The summed E-state index contributed by atoms with van der Waals surface area (Å²) in [6.45, 7) is 8.21. The molecule has 0 bridgehead atoms. The Morgan fingerprint density at radius 2 is 2.07 bits per heavy atom. The Labute approximate surface area is 87.8 Å².